The molecule has 0 aromatic carbocycles. The maximum atomic E-state index is 12.0. The van der Waals surface area contributed by atoms with Crippen molar-refractivity contribution in [1.29, 1.82) is 0 Å². The van der Waals surface area contributed by atoms with Crippen molar-refractivity contribution < 1.29 is 19.4 Å². The molecular weight excluding hydrogens is 717 g/mol. The molecule has 342 valence electrons. The molecule has 0 radical (unpaired) electrons. The van der Waals surface area contributed by atoms with Crippen LogP contribution in [0.3, 0.4) is 0 Å². The highest BCUT2D eigenvalue weighted by atomic mass is 16.5. The molecule has 6 nitrogen and oxygen atoms in total. The molecule has 0 aliphatic carbocycles. The van der Waals surface area contributed by atoms with Gasteiger partial charge in [-0.2, -0.15) is 0 Å². The Morgan fingerprint density at radius 1 is 0.483 bits per heavy atom. The molecule has 0 aromatic rings. The van der Waals surface area contributed by atoms with Gasteiger partial charge in [0, 0.05) is 25.4 Å². The summed E-state index contributed by atoms with van der Waals surface area (Å²) >= 11 is 0. The van der Waals surface area contributed by atoms with Crippen molar-refractivity contribution in [2.45, 2.75) is 276 Å². The highest BCUT2D eigenvalue weighted by Crippen LogP contribution is 2.15. The smallest absolute Gasteiger partial charge is 0.305 e. The van der Waals surface area contributed by atoms with Gasteiger partial charge >= 0.3 is 11.9 Å². The molecule has 4 N–H and O–H groups in total. The fraction of sp³-hybridized carbons (Fsp3) is 0.885. The Bertz CT molecular complexity index is 891. The van der Waals surface area contributed by atoms with Crippen LogP contribution in [0.4, 0.5) is 0 Å². The number of ether oxygens (including phenoxy) is 1. The minimum atomic E-state index is -0.670. The Balaban J connectivity index is 3.35. The van der Waals surface area contributed by atoms with Gasteiger partial charge in [0.1, 0.15) is 0 Å². The number of nitrogens with one attached hydrogen (secondary N) is 1. The second kappa shape index (κ2) is 49.7. The van der Waals surface area contributed by atoms with E-state index in [1.165, 1.54) is 212 Å². The number of unbranched alkanes of at least 4 members (excludes halogenated alkanes) is 33. The van der Waals surface area contributed by atoms with Gasteiger partial charge in [0.25, 0.3) is 0 Å². The van der Waals surface area contributed by atoms with E-state index >= 15 is 0 Å². The van der Waals surface area contributed by atoms with Crippen molar-refractivity contribution in [3.63, 3.8) is 0 Å². The average Bonchev–Trinajstić information content (AvgIpc) is 3.22. The van der Waals surface area contributed by atoms with Gasteiger partial charge in [-0.15, -0.1) is 0 Å². The minimum absolute atomic E-state index is 0.00634. The summed E-state index contributed by atoms with van der Waals surface area (Å²) in [5.41, 5.74) is 6.06. The maximum Gasteiger partial charge on any atom is 0.305 e. The summed E-state index contributed by atoms with van der Waals surface area (Å²) in [4.78, 5) is 22.5. The highest BCUT2D eigenvalue weighted by Gasteiger charge is 2.06. The molecule has 0 amide bonds. The quantitative estimate of drug-likeness (QED) is 0.0321. The third-order valence-corrected chi connectivity index (χ3v) is 11.8. The van der Waals surface area contributed by atoms with Gasteiger partial charge < -0.3 is 20.9 Å². The van der Waals surface area contributed by atoms with E-state index in [9.17, 15) is 9.59 Å². The number of carboxylic acid groups (broad SMARTS) is 1. The van der Waals surface area contributed by atoms with E-state index in [1.807, 2.05) is 0 Å². The normalized spacial score (nSPS) is 12.3. The molecule has 0 aliphatic heterocycles. The molecule has 0 rings (SSSR count). The molecule has 0 aromatic heterocycles. The van der Waals surface area contributed by atoms with Gasteiger partial charge in [-0.25, -0.2) is 0 Å². The van der Waals surface area contributed by atoms with Crippen molar-refractivity contribution in [2.24, 2.45) is 5.73 Å². The molecule has 0 bridgehead atoms. The fourth-order valence-corrected chi connectivity index (χ4v) is 7.87. The summed E-state index contributed by atoms with van der Waals surface area (Å²) in [6.45, 7) is 4.75. The van der Waals surface area contributed by atoms with Crippen LogP contribution < -0.4 is 11.1 Å². The number of aliphatic carboxylic acids is 1. The summed E-state index contributed by atoms with van der Waals surface area (Å²) in [6, 6.07) is 0.482. The van der Waals surface area contributed by atoms with Crippen LogP contribution in [-0.4, -0.2) is 42.8 Å². The number of allylic oxidation sites excluding steroid dienone is 4. The standard InChI is InChI=1S/C52H100N2O4/c1-2-3-4-5-6-7-8-23-28-33-38-43-48-58-52(57)46-41-36-31-26-21-17-13-10-14-18-22-27-32-37-42-47-54-50(49-53)44-39-34-29-24-19-15-11-9-12-16-20-25-30-35-40-45-51(55)56/h9-10,12-13,50,54H,2-8,11,14-49,53H2,1H3,(H,55,56)/b12-9-,13-10-. The van der Waals surface area contributed by atoms with Gasteiger partial charge in [0.05, 0.1) is 6.61 Å². The number of carbonyl (C=O) groups is 2. The fourth-order valence-electron chi connectivity index (χ4n) is 7.87. The third kappa shape index (κ3) is 48.7. The summed E-state index contributed by atoms with van der Waals surface area (Å²) in [5.74, 6) is -0.664. The van der Waals surface area contributed by atoms with Crippen LogP contribution >= 0.6 is 0 Å². The van der Waals surface area contributed by atoms with E-state index in [1.54, 1.807) is 0 Å². The van der Waals surface area contributed by atoms with Gasteiger partial charge in [0.15, 0.2) is 0 Å². The van der Waals surface area contributed by atoms with Crippen LogP contribution in [0.1, 0.15) is 270 Å². The predicted molar refractivity (Wildman–Crippen MR) is 253 cm³/mol. The van der Waals surface area contributed by atoms with Crippen LogP contribution in [0.15, 0.2) is 24.3 Å². The van der Waals surface area contributed by atoms with E-state index in [0.717, 1.165) is 51.6 Å². The lowest BCUT2D eigenvalue weighted by molar-refractivity contribution is -0.144. The van der Waals surface area contributed by atoms with Crippen LogP contribution in [0, 0.1) is 0 Å². The second-order valence-corrected chi connectivity index (χ2v) is 17.6. The van der Waals surface area contributed by atoms with E-state index in [2.05, 4.69) is 36.5 Å². The molecule has 58 heavy (non-hydrogen) atoms. The Morgan fingerprint density at radius 3 is 1.28 bits per heavy atom. The number of esters is 1. The summed E-state index contributed by atoms with van der Waals surface area (Å²) in [5, 5.41) is 12.4. The summed E-state index contributed by atoms with van der Waals surface area (Å²) < 4.78 is 5.45. The third-order valence-electron chi connectivity index (χ3n) is 11.8. The molecule has 0 heterocycles. The lowest BCUT2D eigenvalue weighted by Gasteiger charge is -2.16. The monoisotopic (exact) mass is 817 g/mol. The van der Waals surface area contributed by atoms with Crippen molar-refractivity contribution in [3.8, 4) is 0 Å². The highest BCUT2D eigenvalue weighted by molar-refractivity contribution is 5.69. The lowest BCUT2D eigenvalue weighted by atomic mass is 10.0. The number of hydrogen-bond acceptors (Lipinski definition) is 5. The zero-order valence-corrected chi connectivity index (χ0v) is 38.7. The molecule has 1 unspecified atom stereocenters. The van der Waals surface area contributed by atoms with E-state index in [0.29, 0.717) is 25.5 Å². The molecule has 0 fully saturated rings. The zero-order valence-electron chi connectivity index (χ0n) is 38.7. The molecule has 0 spiro atoms. The van der Waals surface area contributed by atoms with Gasteiger partial charge in [-0.05, 0) is 90.0 Å². The molecule has 0 saturated carbocycles. The minimum Gasteiger partial charge on any atom is -0.481 e. The Kier molecular flexibility index (Phi) is 48.3. The van der Waals surface area contributed by atoms with Gasteiger partial charge in [-0.1, -0.05) is 198 Å². The predicted octanol–water partition coefficient (Wildman–Crippen LogP) is 15.7. The first-order valence-corrected chi connectivity index (χ1v) is 25.7. The second-order valence-electron chi connectivity index (χ2n) is 17.6. The van der Waals surface area contributed by atoms with Crippen molar-refractivity contribution >= 4 is 11.9 Å². The first-order chi connectivity index (χ1) is 28.6. The van der Waals surface area contributed by atoms with Crippen molar-refractivity contribution in [1.82, 2.24) is 5.32 Å². The number of hydrogen-bond donors (Lipinski definition) is 3. The van der Waals surface area contributed by atoms with E-state index in [4.69, 9.17) is 15.6 Å². The molecule has 0 saturated heterocycles. The topological polar surface area (TPSA) is 102 Å². The number of nitrogens with two attached hydrogens (primary N) is 1. The van der Waals surface area contributed by atoms with Crippen LogP contribution in [0.25, 0.3) is 0 Å². The Hall–Kier alpha value is -1.66. The van der Waals surface area contributed by atoms with Crippen LogP contribution in [0.2, 0.25) is 0 Å². The van der Waals surface area contributed by atoms with Crippen molar-refractivity contribution in [3.05, 3.63) is 24.3 Å². The number of rotatable bonds is 49. The largest absolute Gasteiger partial charge is 0.481 e. The van der Waals surface area contributed by atoms with Crippen LogP contribution in [0.5, 0.6) is 0 Å². The summed E-state index contributed by atoms with van der Waals surface area (Å²) in [7, 11) is 0. The lowest BCUT2D eigenvalue weighted by Crippen LogP contribution is -2.36. The Morgan fingerprint density at radius 2 is 0.845 bits per heavy atom. The average molecular weight is 817 g/mol. The van der Waals surface area contributed by atoms with Gasteiger partial charge in [-0.3, -0.25) is 9.59 Å². The van der Waals surface area contributed by atoms with Crippen molar-refractivity contribution in [2.75, 3.05) is 19.7 Å². The zero-order chi connectivity index (χ0) is 42.1. The van der Waals surface area contributed by atoms with Gasteiger partial charge in [0.2, 0.25) is 0 Å². The molecule has 1 atom stereocenters. The summed E-state index contributed by atoms with van der Waals surface area (Å²) in [6.07, 6.45) is 59.7. The van der Waals surface area contributed by atoms with Crippen LogP contribution in [-0.2, 0) is 14.3 Å². The Labute approximate surface area is 361 Å². The molecular formula is C52H100N2O4. The first-order valence-electron chi connectivity index (χ1n) is 25.7. The number of carboxylic acids is 1. The maximum absolute atomic E-state index is 12.0. The molecule has 6 heteroatoms. The van der Waals surface area contributed by atoms with E-state index < -0.39 is 5.97 Å². The molecule has 0 aliphatic rings. The van der Waals surface area contributed by atoms with E-state index in [-0.39, 0.29) is 5.97 Å². The first kappa shape index (κ1) is 56.3. The number of carbonyl (C=O) groups excluding carboxylic acids is 1. The SMILES string of the molecule is CCCCCCCCCCCCCCOC(=O)CCCCCCC/C=C\CCCCCCCCNC(CN)CCCCCCCC/C=C\CCCCCCCC(=O)O.